The largest absolute Gasteiger partial charge is 0.483 e. The quantitative estimate of drug-likeness (QED) is 0.302. The fourth-order valence-electron chi connectivity index (χ4n) is 0. The molecule has 0 atom stereocenters. The predicted molar refractivity (Wildman–Crippen MR) is 75.8 cm³/mol. The van der Waals surface area contributed by atoms with E-state index in [1.165, 1.54) is 0 Å². The third kappa shape index (κ3) is 251. The van der Waals surface area contributed by atoms with Gasteiger partial charge in [-0.05, 0) is 0 Å². The normalized spacial score (nSPS) is 4.53. The molecule has 15 heteroatoms. The van der Waals surface area contributed by atoms with Crippen molar-refractivity contribution in [3.63, 3.8) is 0 Å². The Labute approximate surface area is 145 Å². The first-order valence-corrected chi connectivity index (χ1v) is 3.79. The summed E-state index contributed by atoms with van der Waals surface area (Å²) in [5, 5.41) is 22.4. The number of halogens is 7. The standard InChI is InChI=1S/C2Cl4.CH2O2.CO2.3ClH.H2O3.H2O/c3-1(4)2(5)6;2*2-1-3;;;;1-3-2;/h;1H,(H,2,3);;3*1H;1-2H;1H2. The minimum atomic E-state index is -0.250. The molecule has 0 bridgehead atoms. The molecule has 0 aliphatic carbocycles. The smallest absolute Gasteiger partial charge is 0.373 e. The average molecular weight is 433 g/mol. The van der Waals surface area contributed by atoms with Gasteiger partial charge >= 0.3 is 6.15 Å². The third-order valence-corrected chi connectivity index (χ3v) is 1.29. The van der Waals surface area contributed by atoms with Gasteiger partial charge in [-0.1, -0.05) is 51.4 Å². The van der Waals surface area contributed by atoms with E-state index in [0.717, 1.165) is 0 Å². The molecule has 0 amide bonds. The van der Waals surface area contributed by atoms with E-state index in [9.17, 15) is 0 Å². The Hall–Kier alpha value is 0.460. The van der Waals surface area contributed by atoms with Crippen LogP contribution in [-0.4, -0.2) is 33.7 Å². The number of carboxylic acid groups (broad SMARTS) is 1. The van der Waals surface area contributed by atoms with E-state index in [4.69, 9.17) is 76.4 Å². The van der Waals surface area contributed by atoms with Crippen LogP contribution in [0.2, 0.25) is 0 Å². The summed E-state index contributed by atoms with van der Waals surface area (Å²) in [7, 11) is 0. The minimum Gasteiger partial charge on any atom is -0.483 e. The number of carbonyl (C=O) groups excluding carboxylic acids is 2. The topological polar surface area (TPSA) is 153 Å². The first-order chi connectivity index (χ1) is 6.89. The Morgan fingerprint density at radius 3 is 1.00 bits per heavy atom. The second-order valence-corrected chi connectivity index (χ2v) is 2.69. The van der Waals surface area contributed by atoms with Gasteiger partial charge in [0.25, 0.3) is 6.47 Å². The molecule has 0 saturated heterocycles. The Kier molecular flexibility index (Phi) is 167. The Morgan fingerprint density at radius 1 is 0.947 bits per heavy atom. The molecule has 0 saturated carbocycles. The predicted octanol–water partition coefficient (Wildman–Crippen LogP) is 2.58. The summed E-state index contributed by atoms with van der Waals surface area (Å²) in [5.74, 6) is 0. The van der Waals surface area contributed by atoms with Crippen LogP contribution in [0.5, 0.6) is 0 Å². The fourth-order valence-corrected chi connectivity index (χ4v) is 0. The van der Waals surface area contributed by atoms with Crippen LogP contribution in [0.4, 0.5) is 0 Å². The summed E-state index contributed by atoms with van der Waals surface area (Å²) < 4.78 is -0.198. The number of hydrogen-bond donors (Lipinski definition) is 3. The van der Waals surface area contributed by atoms with Crippen molar-refractivity contribution in [3.05, 3.63) is 8.98 Å². The van der Waals surface area contributed by atoms with E-state index < -0.39 is 0 Å². The highest BCUT2D eigenvalue weighted by Gasteiger charge is 1.88. The third-order valence-electron chi connectivity index (χ3n) is 0.143. The lowest BCUT2D eigenvalue weighted by Crippen LogP contribution is -1.60. The van der Waals surface area contributed by atoms with Gasteiger partial charge in [0.1, 0.15) is 8.98 Å². The maximum absolute atomic E-state index is 8.36. The fraction of sp³-hybridized carbons (Fsp3) is 0. The Morgan fingerprint density at radius 2 is 1.00 bits per heavy atom. The van der Waals surface area contributed by atoms with Crippen LogP contribution < -0.4 is 0 Å². The van der Waals surface area contributed by atoms with Crippen LogP contribution >= 0.6 is 83.6 Å². The highest BCUT2D eigenvalue weighted by molar-refractivity contribution is 6.67. The lowest BCUT2D eigenvalue weighted by Gasteiger charge is -1.75. The van der Waals surface area contributed by atoms with Crippen LogP contribution in [0, 0.1) is 0 Å². The Balaban J connectivity index is -0.0000000139. The molecular weight excluding hydrogens is 424 g/mol. The molecule has 5 N–H and O–H groups in total. The second kappa shape index (κ2) is 62.9. The number of rotatable bonds is 0. The average Bonchev–Trinajstić information content (AvgIpc) is 2.07. The zero-order valence-electron chi connectivity index (χ0n) is 8.29. The van der Waals surface area contributed by atoms with E-state index in [1.54, 1.807) is 0 Å². The molecule has 0 fully saturated rings. The molecular formula is C4H9Cl7O8. The molecule has 122 valence electrons. The molecule has 0 unspecified atom stereocenters. The first-order valence-electron chi connectivity index (χ1n) is 2.27. The monoisotopic (exact) mass is 430 g/mol. The van der Waals surface area contributed by atoms with E-state index in [0.29, 0.717) is 0 Å². The van der Waals surface area contributed by atoms with Crippen LogP contribution in [0.3, 0.4) is 0 Å². The molecule has 8 nitrogen and oxygen atoms in total. The lowest BCUT2D eigenvalue weighted by molar-refractivity contribution is -0.465. The molecule has 0 heterocycles. The van der Waals surface area contributed by atoms with Crippen molar-refractivity contribution in [3.8, 4) is 0 Å². The maximum Gasteiger partial charge on any atom is 0.373 e. The summed E-state index contributed by atoms with van der Waals surface area (Å²) in [6, 6.07) is 0. The van der Waals surface area contributed by atoms with Gasteiger partial charge in [-0.2, -0.15) is 9.59 Å². The van der Waals surface area contributed by atoms with E-state index >= 15 is 0 Å². The van der Waals surface area contributed by atoms with Gasteiger partial charge in [-0.25, -0.2) is 10.5 Å². The summed E-state index contributed by atoms with van der Waals surface area (Å²) in [5.41, 5.74) is 0. The van der Waals surface area contributed by atoms with Gasteiger partial charge in [0.05, 0.1) is 0 Å². The first kappa shape index (κ1) is 50.5. The van der Waals surface area contributed by atoms with E-state index in [2.05, 4.69) is 5.04 Å². The van der Waals surface area contributed by atoms with Crippen molar-refractivity contribution >= 4 is 96.2 Å². The molecule has 0 rings (SSSR count). The summed E-state index contributed by atoms with van der Waals surface area (Å²) in [6.45, 7) is -0.250. The molecule has 0 aliphatic rings. The zero-order valence-corrected chi connectivity index (χ0v) is 13.8. The minimum absolute atomic E-state index is 0. The van der Waals surface area contributed by atoms with E-state index in [-0.39, 0.29) is 64.3 Å². The second-order valence-electron chi connectivity index (χ2n) is 0.791. The van der Waals surface area contributed by atoms with Gasteiger partial charge in [-0.15, -0.1) is 37.2 Å². The van der Waals surface area contributed by atoms with Crippen LogP contribution in [-0.2, 0) is 19.4 Å². The van der Waals surface area contributed by atoms with Crippen molar-refractivity contribution in [2.45, 2.75) is 0 Å². The Bertz CT molecular complexity index is 176. The summed E-state index contributed by atoms with van der Waals surface area (Å²) in [6.07, 6.45) is 0.250. The summed E-state index contributed by atoms with van der Waals surface area (Å²) in [4.78, 5) is 24.6. The molecule has 0 radical (unpaired) electrons. The molecule has 0 aromatic carbocycles. The molecule has 19 heavy (non-hydrogen) atoms. The number of hydrogen-bond acceptors (Lipinski definition) is 6. The van der Waals surface area contributed by atoms with Gasteiger partial charge < -0.3 is 10.6 Å². The SMILES string of the molecule is Cl.Cl.Cl.ClC(Cl)=C(Cl)Cl.O.O=C=O.O=CO.OOO. The van der Waals surface area contributed by atoms with Gasteiger partial charge in [0.2, 0.25) is 0 Å². The number of carbonyl (C=O) groups is 1. The van der Waals surface area contributed by atoms with Gasteiger partial charge in [-0.3, -0.25) is 4.79 Å². The lowest BCUT2D eigenvalue weighted by atomic mass is 11.2. The molecule has 0 aromatic rings. The molecule has 0 spiro atoms. The highest BCUT2D eigenvalue weighted by Crippen LogP contribution is 2.20. The van der Waals surface area contributed by atoms with Crippen LogP contribution in [0.1, 0.15) is 0 Å². The van der Waals surface area contributed by atoms with Crippen LogP contribution in [0.15, 0.2) is 8.98 Å². The maximum atomic E-state index is 8.36. The highest BCUT2D eigenvalue weighted by atomic mass is 35.5. The molecule has 0 aliphatic heterocycles. The van der Waals surface area contributed by atoms with Gasteiger partial charge in [0, 0.05) is 0 Å². The van der Waals surface area contributed by atoms with Gasteiger partial charge in [0.15, 0.2) is 0 Å². The van der Waals surface area contributed by atoms with Crippen molar-refractivity contribution in [1.29, 1.82) is 0 Å². The molecule has 0 aromatic heterocycles. The van der Waals surface area contributed by atoms with E-state index in [1.807, 2.05) is 0 Å². The van der Waals surface area contributed by atoms with Crippen molar-refractivity contribution in [1.82, 2.24) is 0 Å². The van der Waals surface area contributed by atoms with Crippen molar-refractivity contribution in [2.24, 2.45) is 0 Å². The van der Waals surface area contributed by atoms with Crippen molar-refractivity contribution < 1.29 is 40.5 Å². The van der Waals surface area contributed by atoms with Crippen molar-refractivity contribution in [2.75, 3.05) is 0 Å². The summed E-state index contributed by atoms with van der Waals surface area (Å²) >= 11 is 20.0. The zero-order chi connectivity index (χ0) is 13.3. The van der Waals surface area contributed by atoms with Crippen LogP contribution in [0.25, 0.3) is 0 Å².